The topological polar surface area (TPSA) is 57.6 Å². The molecule has 0 aliphatic carbocycles. The van der Waals surface area contributed by atoms with Crippen LogP contribution in [0.4, 0.5) is 4.39 Å². The summed E-state index contributed by atoms with van der Waals surface area (Å²) in [5, 5.41) is 8.55. The highest BCUT2D eigenvalue weighted by Gasteiger charge is 2.29. The number of benzene rings is 1. The summed E-state index contributed by atoms with van der Waals surface area (Å²) < 4.78 is 13.8. The van der Waals surface area contributed by atoms with Crippen molar-refractivity contribution in [2.24, 2.45) is 0 Å². The van der Waals surface area contributed by atoms with Gasteiger partial charge in [-0.15, -0.1) is 0 Å². The molecule has 0 unspecified atom stereocenters. The minimum atomic E-state index is -0.516. The summed E-state index contributed by atoms with van der Waals surface area (Å²) in [6.45, 7) is -0.336. The first-order chi connectivity index (χ1) is 9.11. The van der Waals surface area contributed by atoms with Crippen molar-refractivity contribution in [1.29, 1.82) is 0 Å². The van der Waals surface area contributed by atoms with Gasteiger partial charge in [0.2, 0.25) is 11.8 Å². The number of amides is 2. The monoisotopic (exact) mass is 261 g/mol. The van der Waals surface area contributed by atoms with Gasteiger partial charge in [-0.2, -0.15) is 0 Å². The van der Waals surface area contributed by atoms with E-state index in [2.05, 4.69) is 11.8 Å². The zero-order chi connectivity index (χ0) is 13.8. The molecule has 0 saturated carbocycles. The van der Waals surface area contributed by atoms with Crippen molar-refractivity contribution < 1.29 is 19.1 Å². The molecular formula is C14H12FNO3. The summed E-state index contributed by atoms with van der Waals surface area (Å²) in [5.74, 6) is 3.95. The first-order valence-corrected chi connectivity index (χ1v) is 5.83. The van der Waals surface area contributed by atoms with Gasteiger partial charge in [-0.3, -0.25) is 14.5 Å². The molecule has 98 valence electrons. The Morgan fingerprint density at radius 1 is 1.26 bits per heavy atom. The molecule has 0 bridgehead atoms. The molecule has 2 amide bonds. The highest BCUT2D eigenvalue weighted by Crippen LogP contribution is 2.18. The van der Waals surface area contributed by atoms with Crippen molar-refractivity contribution in [3.8, 4) is 11.8 Å². The molecule has 2 rings (SSSR count). The molecule has 1 saturated heterocycles. The Labute approximate surface area is 109 Å². The van der Waals surface area contributed by atoms with E-state index in [4.69, 9.17) is 5.11 Å². The minimum Gasteiger partial charge on any atom is -0.384 e. The maximum Gasteiger partial charge on any atom is 0.229 e. The molecule has 4 nitrogen and oxygen atoms in total. The fraction of sp³-hybridized carbons (Fsp3) is 0.286. The van der Waals surface area contributed by atoms with Crippen molar-refractivity contribution in [2.75, 3.05) is 6.61 Å². The summed E-state index contributed by atoms with van der Waals surface area (Å²) in [5.41, 5.74) is 0.715. The van der Waals surface area contributed by atoms with Gasteiger partial charge in [0.1, 0.15) is 12.4 Å². The van der Waals surface area contributed by atoms with Crippen LogP contribution in [0.2, 0.25) is 0 Å². The number of carbonyl (C=O) groups excluding carboxylic acids is 2. The van der Waals surface area contributed by atoms with Gasteiger partial charge in [-0.1, -0.05) is 17.9 Å². The van der Waals surface area contributed by atoms with Crippen LogP contribution < -0.4 is 0 Å². The van der Waals surface area contributed by atoms with Crippen LogP contribution in [0.5, 0.6) is 0 Å². The molecular weight excluding hydrogens is 249 g/mol. The molecule has 1 N–H and O–H groups in total. The fourth-order valence-corrected chi connectivity index (χ4v) is 1.86. The standard InChI is InChI=1S/C14H12FNO3/c15-12-8-10(2-1-7-17)3-4-11(12)9-16-13(18)5-6-14(16)19/h3-4,8,17H,5-7,9H2. The lowest BCUT2D eigenvalue weighted by Gasteiger charge is -2.14. The van der Waals surface area contributed by atoms with Crippen LogP contribution in [-0.2, 0) is 16.1 Å². The number of aliphatic hydroxyl groups is 1. The summed E-state index contributed by atoms with van der Waals surface area (Å²) in [6, 6.07) is 4.31. The largest absolute Gasteiger partial charge is 0.384 e. The van der Waals surface area contributed by atoms with Crippen LogP contribution in [0.25, 0.3) is 0 Å². The zero-order valence-corrected chi connectivity index (χ0v) is 10.1. The Morgan fingerprint density at radius 2 is 1.95 bits per heavy atom. The molecule has 1 heterocycles. The van der Waals surface area contributed by atoms with Crippen LogP contribution in [0, 0.1) is 17.7 Å². The van der Waals surface area contributed by atoms with Crippen molar-refractivity contribution in [2.45, 2.75) is 19.4 Å². The van der Waals surface area contributed by atoms with Crippen molar-refractivity contribution in [3.05, 3.63) is 35.1 Å². The van der Waals surface area contributed by atoms with E-state index in [-0.39, 0.29) is 43.4 Å². The summed E-state index contributed by atoms with van der Waals surface area (Å²) in [4.78, 5) is 23.9. The molecule has 5 heteroatoms. The van der Waals surface area contributed by atoms with Crippen molar-refractivity contribution >= 4 is 11.8 Å². The molecule has 0 atom stereocenters. The predicted octanol–water partition coefficient (Wildman–Crippen LogP) is 0.819. The Bertz CT molecular complexity index is 570. The van der Waals surface area contributed by atoms with E-state index in [1.807, 2.05) is 0 Å². The lowest BCUT2D eigenvalue weighted by atomic mass is 10.1. The van der Waals surface area contributed by atoms with Gasteiger partial charge in [-0.25, -0.2) is 4.39 Å². The lowest BCUT2D eigenvalue weighted by Crippen LogP contribution is -2.28. The Morgan fingerprint density at radius 3 is 2.53 bits per heavy atom. The van der Waals surface area contributed by atoms with E-state index in [0.717, 1.165) is 4.90 Å². The van der Waals surface area contributed by atoms with E-state index in [9.17, 15) is 14.0 Å². The van der Waals surface area contributed by atoms with Gasteiger partial charge in [0, 0.05) is 24.0 Å². The summed E-state index contributed by atoms with van der Waals surface area (Å²) >= 11 is 0. The normalized spacial score (nSPS) is 14.5. The fourth-order valence-electron chi connectivity index (χ4n) is 1.86. The van der Waals surface area contributed by atoms with Gasteiger partial charge in [0.15, 0.2) is 0 Å². The van der Waals surface area contributed by atoms with Gasteiger partial charge in [-0.05, 0) is 12.1 Å². The third-order valence-corrected chi connectivity index (χ3v) is 2.85. The Hall–Kier alpha value is -2.19. The molecule has 0 aromatic heterocycles. The van der Waals surface area contributed by atoms with Crippen LogP contribution >= 0.6 is 0 Å². The van der Waals surface area contributed by atoms with Crippen LogP contribution in [-0.4, -0.2) is 28.4 Å². The molecule has 1 aliphatic heterocycles. The number of hydrogen-bond acceptors (Lipinski definition) is 3. The van der Waals surface area contributed by atoms with Crippen LogP contribution in [0.1, 0.15) is 24.0 Å². The number of aliphatic hydroxyl groups excluding tert-OH is 1. The second-order valence-corrected chi connectivity index (χ2v) is 4.14. The quantitative estimate of drug-likeness (QED) is 0.633. The maximum absolute atomic E-state index is 13.8. The summed E-state index contributed by atoms with van der Waals surface area (Å²) in [7, 11) is 0. The number of carbonyl (C=O) groups is 2. The molecule has 1 fully saturated rings. The molecule has 0 spiro atoms. The SMILES string of the molecule is O=C1CCC(=O)N1Cc1ccc(C#CCO)cc1F. The van der Waals surface area contributed by atoms with E-state index < -0.39 is 5.82 Å². The highest BCUT2D eigenvalue weighted by molar-refractivity contribution is 6.01. The number of imide groups is 1. The van der Waals surface area contributed by atoms with Gasteiger partial charge in [0.05, 0.1) is 6.54 Å². The molecule has 1 aliphatic rings. The average molecular weight is 261 g/mol. The molecule has 0 radical (unpaired) electrons. The molecule has 1 aromatic carbocycles. The number of nitrogens with zero attached hydrogens (tertiary/aromatic N) is 1. The predicted molar refractivity (Wildman–Crippen MR) is 65.2 cm³/mol. The lowest BCUT2D eigenvalue weighted by molar-refractivity contribution is -0.139. The molecule has 1 aromatic rings. The number of halogens is 1. The van der Waals surface area contributed by atoms with Crippen LogP contribution in [0.15, 0.2) is 18.2 Å². The van der Waals surface area contributed by atoms with Crippen molar-refractivity contribution in [1.82, 2.24) is 4.90 Å². The third kappa shape index (κ3) is 2.98. The van der Waals surface area contributed by atoms with E-state index in [0.29, 0.717) is 5.56 Å². The first kappa shape index (κ1) is 13.2. The highest BCUT2D eigenvalue weighted by atomic mass is 19.1. The van der Waals surface area contributed by atoms with Gasteiger partial charge >= 0.3 is 0 Å². The van der Waals surface area contributed by atoms with Gasteiger partial charge in [0.25, 0.3) is 0 Å². The zero-order valence-electron chi connectivity index (χ0n) is 10.1. The number of rotatable bonds is 2. The van der Waals surface area contributed by atoms with E-state index in [1.165, 1.54) is 12.1 Å². The summed E-state index contributed by atoms with van der Waals surface area (Å²) in [6.07, 6.45) is 0.390. The Balaban J connectivity index is 2.17. The third-order valence-electron chi connectivity index (χ3n) is 2.85. The van der Waals surface area contributed by atoms with E-state index in [1.54, 1.807) is 6.07 Å². The average Bonchev–Trinajstić information content (AvgIpc) is 2.70. The minimum absolute atomic E-state index is 0.0444. The van der Waals surface area contributed by atoms with Gasteiger partial charge < -0.3 is 5.11 Å². The second kappa shape index (κ2) is 5.63. The van der Waals surface area contributed by atoms with Crippen LogP contribution in [0.3, 0.4) is 0 Å². The maximum atomic E-state index is 13.8. The smallest absolute Gasteiger partial charge is 0.229 e. The number of hydrogen-bond donors (Lipinski definition) is 1. The first-order valence-electron chi connectivity index (χ1n) is 5.83. The molecule has 19 heavy (non-hydrogen) atoms. The van der Waals surface area contributed by atoms with E-state index >= 15 is 0 Å². The Kier molecular flexibility index (Phi) is 3.93. The number of likely N-dealkylation sites (tertiary alicyclic amines) is 1. The second-order valence-electron chi connectivity index (χ2n) is 4.14. The van der Waals surface area contributed by atoms with Crippen molar-refractivity contribution in [3.63, 3.8) is 0 Å².